The number of pyridine rings is 1. The lowest BCUT2D eigenvalue weighted by molar-refractivity contribution is 0.0942. The molecule has 150 valence electrons. The number of carbonyl (C=O) groups is 2. The molecule has 0 N–H and O–H groups in total. The number of rotatable bonds is 4. The lowest BCUT2D eigenvalue weighted by Crippen LogP contribution is -2.26. The maximum Gasteiger partial charge on any atom is 0.328 e. The van der Waals surface area contributed by atoms with E-state index in [1.54, 1.807) is 57.8 Å². The Morgan fingerprint density at radius 1 is 1.28 bits per heavy atom. The van der Waals surface area contributed by atoms with Gasteiger partial charge in [0.1, 0.15) is 5.75 Å². The van der Waals surface area contributed by atoms with Gasteiger partial charge >= 0.3 is 6.03 Å². The number of anilines is 1. The van der Waals surface area contributed by atoms with Crippen LogP contribution in [0.3, 0.4) is 0 Å². The predicted octanol–water partition coefficient (Wildman–Crippen LogP) is 3.54. The first-order chi connectivity index (χ1) is 14.0. The van der Waals surface area contributed by atoms with Crippen LogP contribution in [0.5, 0.6) is 5.75 Å². The van der Waals surface area contributed by atoms with E-state index in [0.29, 0.717) is 29.1 Å². The standard InChI is InChI=1S/C21H22N4O3S/c1-23(2)21(27)24-12-18(17-7-6-16(28-3)9-19(17)24)20(26)14-11-25(29-13-14)15-5-4-8-22-10-15/h4-10,12,14H,11,13H2,1-3H3. The van der Waals surface area contributed by atoms with Crippen LogP contribution in [0.25, 0.3) is 10.9 Å². The summed E-state index contributed by atoms with van der Waals surface area (Å²) in [6.07, 6.45) is 5.19. The van der Waals surface area contributed by atoms with Crippen LogP contribution in [-0.4, -0.2) is 59.8 Å². The van der Waals surface area contributed by atoms with Gasteiger partial charge in [0.2, 0.25) is 0 Å². The summed E-state index contributed by atoms with van der Waals surface area (Å²) in [5.74, 6) is 1.22. The molecule has 29 heavy (non-hydrogen) atoms. The highest BCUT2D eigenvalue weighted by molar-refractivity contribution is 8.00. The molecule has 1 atom stereocenters. The Bertz CT molecular complexity index is 1060. The molecule has 1 amide bonds. The van der Waals surface area contributed by atoms with E-state index in [2.05, 4.69) is 9.29 Å². The van der Waals surface area contributed by atoms with E-state index in [4.69, 9.17) is 4.74 Å². The number of amides is 1. The van der Waals surface area contributed by atoms with Crippen molar-refractivity contribution in [3.05, 3.63) is 54.5 Å². The molecule has 3 heterocycles. The van der Waals surface area contributed by atoms with Crippen LogP contribution >= 0.6 is 11.9 Å². The topological polar surface area (TPSA) is 67.7 Å². The van der Waals surface area contributed by atoms with Gasteiger partial charge in [-0.15, -0.1) is 0 Å². The number of hydrogen-bond acceptors (Lipinski definition) is 6. The zero-order valence-corrected chi connectivity index (χ0v) is 17.3. The molecule has 3 aromatic rings. The van der Waals surface area contributed by atoms with Gasteiger partial charge in [0.25, 0.3) is 0 Å². The summed E-state index contributed by atoms with van der Waals surface area (Å²) in [7, 11) is 4.96. The molecule has 0 radical (unpaired) electrons. The van der Waals surface area contributed by atoms with Gasteiger partial charge in [-0.1, -0.05) is 0 Å². The van der Waals surface area contributed by atoms with Gasteiger partial charge in [0, 0.05) is 55.8 Å². The van der Waals surface area contributed by atoms with Crippen LogP contribution in [0.15, 0.2) is 48.9 Å². The Kier molecular flexibility index (Phi) is 5.19. The minimum Gasteiger partial charge on any atom is -0.497 e. The van der Waals surface area contributed by atoms with E-state index >= 15 is 0 Å². The molecule has 0 saturated carbocycles. The Labute approximate surface area is 173 Å². The van der Waals surface area contributed by atoms with Gasteiger partial charge in [-0.2, -0.15) is 0 Å². The van der Waals surface area contributed by atoms with Gasteiger partial charge < -0.3 is 13.9 Å². The van der Waals surface area contributed by atoms with Gasteiger partial charge in [-0.3, -0.25) is 14.3 Å². The highest BCUT2D eigenvalue weighted by Gasteiger charge is 2.32. The van der Waals surface area contributed by atoms with Gasteiger partial charge in [0.15, 0.2) is 5.78 Å². The second-order valence-corrected chi connectivity index (χ2v) is 8.13. The summed E-state index contributed by atoms with van der Waals surface area (Å²) in [5, 5.41) is 0.760. The van der Waals surface area contributed by atoms with Crippen molar-refractivity contribution in [2.75, 3.05) is 37.8 Å². The summed E-state index contributed by atoms with van der Waals surface area (Å²) in [5.41, 5.74) is 2.22. The lowest BCUT2D eigenvalue weighted by atomic mass is 9.98. The number of benzene rings is 1. The molecule has 2 aromatic heterocycles. The summed E-state index contributed by atoms with van der Waals surface area (Å²) in [4.78, 5) is 31.7. The number of Topliss-reactive ketones (excluding diaryl/α,β-unsaturated/α-hetero) is 1. The number of fused-ring (bicyclic) bond motifs is 1. The minimum atomic E-state index is -0.208. The smallest absolute Gasteiger partial charge is 0.328 e. The molecular weight excluding hydrogens is 388 g/mol. The second kappa shape index (κ2) is 7.79. The zero-order valence-electron chi connectivity index (χ0n) is 16.5. The van der Waals surface area contributed by atoms with Crippen molar-refractivity contribution in [2.45, 2.75) is 0 Å². The number of methoxy groups -OCH3 is 1. The average molecular weight is 410 g/mol. The normalized spacial score (nSPS) is 16.2. The van der Waals surface area contributed by atoms with Crippen LogP contribution in [0.1, 0.15) is 10.4 Å². The molecule has 0 spiro atoms. The molecule has 7 nitrogen and oxygen atoms in total. The third-order valence-corrected chi connectivity index (χ3v) is 6.21. The fourth-order valence-electron chi connectivity index (χ4n) is 3.45. The van der Waals surface area contributed by atoms with Crippen LogP contribution in [-0.2, 0) is 0 Å². The number of ether oxygens (including phenoxy) is 1. The van der Waals surface area contributed by atoms with Crippen molar-refractivity contribution >= 4 is 40.4 Å². The first-order valence-electron chi connectivity index (χ1n) is 9.25. The number of carbonyl (C=O) groups excluding carboxylic acids is 2. The molecule has 8 heteroatoms. The summed E-state index contributed by atoms with van der Waals surface area (Å²) in [6, 6.07) is 9.12. The van der Waals surface area contributed by atoms with E-state index in [9.17, 15) is 9.59 Å². The van der Waals surface area contributed by atoms with Crippen molar-refractivity contribution in [1.29, 1.82) is 0 Å². The zero-order chi connectivity index (χ0) is 20.5. The molecule has 1 aromatic carbocycles. The molecule has 1 unspecified atom stereocenters. The maximum atomic E-state index is 13.4. The Balaban J connectivity index is 1.68. The number of ketones is 1. The fraction of sp³-hybridized carbons (Fsp3) is 0.286. The van der Waals surface area contributed by atoms with E-state index in [-0.39, 0.29) is 17.7 Å². The predicted molar refractivity (Wildman–Crippen MR) is 115 cm³/mol. The van der Waals surface area contributed by atoms with Crippen molar-refractivity contribution in [2.24, 2.45) is 5.92 Å². The Morgan fingerprint density at radius 2 is 2.10 bits per heavy atom. The quantitative estimate of drug-likeness (QED) is 0.484. The molecule has 0 bridgehead atoms. The van der Waals surface area contributed by atoms with Crippen molar-refractivity contribution < 1.29 is 14.3 Å². The molecule has 1 aliphatic heterocycles. The molecular formula is C21H22N4O3S. The van der Waals surface area contributed by atoms with E-state index in [1.165, 1.54) is 9.47 Å². The van der Waals surface area contributed by atoms with Crippen LogP contribution in [0, 0.1) is 5.92 Å². The number of nitrogens with zero attached hydrogens (tertiary/aromatic N) is 4. The highest BCUT2D eigenvalue weighted by atomic mass is 32.2. The lowest BCUT2D eigenvalue weighted by Gasteiger charge is -2.15. The van der Waals surface area contributed by atoms with Crippen LogP contribution in [0.2, 0.25) is 0 Å². The summed E-state index contributed by atoms with van der Waals surface area (Å²) in [6.45, 7) is 0.611. The number of aromatic nitrogens is 2. The van der Waals surface area contributed by atoms with Gasteiger partial charge in [0.05, 0.1) is 30.4 Å². The first-order valence-corrected chi connectivity index (χ1v) is 10.2. The molecule has 1 aliphatic rings. The summed E-state index contributed by atoms with van der Waals surface area (Å²) >= 11 is 1.63. The monoisotopic (exact) mass is 410 g/mol. The second-order valence-electron chi connectivity index (χ2n) is 7.10. The number of hydrogen-bond donors (Lipinski definition) is 0. The molecule has 0 aliphatic carbocycles. The first kappa shape index (κ1) is 19.3. The van der Waals surface area contributed by atoms with Crippen LogP contribution in [0.4, 0.5) is 10.5 Å². The van der Waals surface area contributed by atoms with Crippen molar-refractivity contribution in [3.8, 4) is 5.75 Å². The van der Waals surface area contributed by atoms with Crippen LogP contribution < -0.4 is 9.04 Å². The largest absolute Gasteiger partial charge is 0.497 e. The van der Waals surface area contributed by atoms with Crippen molar-refractivity contribution in [3.63, 3.8) is 0 Å². The van der Waals surface area contributed by atoms with E-state index in [1.807, 2.05) is 24.3 Å². The fourth-order valence-corrected chi connectivity index (χ4v) is 4.61. The van der Waals surface area contributed by atoms with E-state index in [0.717, 1.165) is 11.1 Å². The van der Waals surface area contributed by atoms with E-state index < -0.39 is 0 Å². The Morgan fingerprint density at radius 3 is 2.79 bits per heavy atom. The molecule has 1 saturated heterocycles. The van der Waals surface area contributed by atoms with Gasteiger partial charge in [-0.25, -0.2) is 4.79 Å². The maximum absolute atomic E-state index is 13.4. The molecule has 4 rings (SSSR count). The summed E-state index contributed by atoms with van der Waals surface area (Å²) < 4.78 is 8.93. The highest BCUT2D eigenvalue weighted by Crippen LogP contribution is 2.35. The average Bonchev–Trinajstić information content (AvgIpc) is 3.38. The minimum absolute atomic E-state index is 0.0457. The SMILES string of the molecule is COc1ccc2c(C(=O)C3CSN(c4cccnc4)C3)cn(C(=O)N(C)C)c2c1. The third kappa shape index (κ3) is 3.55. The third-order valence-electron chi connectivity index (χ3n) is 4.99. The van der Waals surface area contributed by atoms with Crippen molar-refractivity contribution in [1.82, 2.24) is 14.5 Å². The van der Waals surface area contributed by atoms with Gasteiger partial charge in [-0.05, 0) is 36.2 Å². The Hall–Kier alpha value is -3.00. The molecule has 1 fully saturated rings.